The molecule has 0 unspecified atom stereocenters. The van der Waals surface area contributed by atoms with E-state index in [2.05, 4.69) is 10.2 Å². The largest absolute Gasteiger partial charge is 0.379 e. The normalized spacial score (nSPS) is 16.7. The van der Waals surface area contributed by atoms with Crippen LogP contribution in [0.2, 0.25) is 0 Å². The second-order valence-corrected chi connectivity index (χ2v) is 4.01. The molecule has 1 heterocycles. The number of morpholine rings is 1. The molecule has 1 N–H and O–H groups in total. The molecule has 4 nitrogen and oxygen atoms in total. The molecule has 2 rings (SSSR count). The van der Waals surface area contributed by atoms with Gasteiger partial charge in [0.05, 0.1) is 26.3 Å². The van der Waals surface area contributed by atoms with Crippen molar-refractivity contribution in [2.45, 2.75) is 0 Å². The van der Waals surface area contributed by atoms with Crippen molar-refractivity contribution in [3.05, 3.63) is 42.4 Å². The van der Waals surface area contributed by atoms with Gasteiger partial charge in [-0.1, -0.05) is 30.3 Å². The predicted octanol–water partition coefficient (Wildman–Crippen LogP) is 0.645. The molecule has 17 heavy (non-hydrogen) atoms. The summed E-state index contributed by atoms with van der Waals surface area (Å²) in [5, 5.41) is 2.80. The van der Waals surface area contributed by atoms with E-state index in [0.29, 0.717) is 6.54 Å². The molecule has 1 amide bonds. The Hall–Kier alpha value is -1.39. The third-order valence-electron chi connectivity index (χ3n) is 2.67. The number of hydrogen-bond acceptors (Lipinski definition) is 3. The van der Waals surface area contributed by atoms with Crippen LogP contribution < -0.4 is 5.32 Å². The number of carbonyl (C=O) groups excluding carboxylic acids is 1. The molecule has 1 aromatic rings. The van der Waals surface area contributed by atoms with Crippen LogP contribution in [0.4, 0.5) is 0 Å². The van der Waals surface area contributed by atoms with Crippen LogP contribution in [-0.2, 0) is 9.53 Å². The quantitative estimate of drug-likeness (QED) is 0.830. The maximum Gasteiger partial charge on any atom is 0.234 e. The topological polar surface area (TPSA) is 41.6 Å². The fourth-order valence-corrected chi connectivity index (χ4v) is 1.72. The van der Waals surface area contributed by atoms with E-state index in [9.17, 15) is 4.79 Å². The Kier molecular flexibility index (Phi) is 4.53. The molecule has 0 bridgehead atoms. The zero-order valence-corrected chi connectivity index (χ0v) is 9.76. The van der Waals surface area contributed by atoms with Crippen molar-refractivity contribution in [1.29, 1.82) is 0 Å². The van der Waals surface area contributed by atoms with Crippen LogP contribution in [0.25, 0.3) is 0 Å². The van der Waals surface area contributed by atoms with Gasteiger partial charge in [0.25, 0.3) is 0 Å². The average Bonchev–Trinajstić information content (AvgIpc) is 2.39. The highest BCUT2D eigenvalue weighted by Gasteiger charge is 2.13. The fraction of sp³-hybridized carbons (Fsp3) is 0.385. The number of amides is 1. The Morgan fingerprint density at radius 3 is 2.71 bits per heavy atom. The van der Waals surface area contributed by atoms with E-state index in [1.807, 2.05) is 30.3 Å². The Bertz CT molecular complexity index is 348. The van der Waals surface area contributed by atoms with Gasteiger partial charge in [-0.2, -0.15) is 0 Å². The highest BCUT2D eigenvalue weighted by Crippen LogP contribution is 2.00. The van der Waals surface area contributed by atoms with Crippen LogP contribution in [0, 0.1) is 6.54 Å². The van der Waals surface area contributed by atoms with Crippen molar-refractivity contribution in [2.75, 3.05) is 32.8 Å². The lowest BCUT2D eigenvalue weighted by Gasteiger charge is -2.25. The molecule has 0 spiro atoms. The minimum atomic E-state index is 0.0238. The van der Waals surface area contributed by atoms with Gasteiger partial charge in [0.2, 0.25) is 5.91 Å². The van der Waals surface area contributed by atoms with Gasteiger partial charge in [-0.05, 0) is 5.56 Å². The molecular formula is C13H17N2O2. The average molecular weight is 233 g/mol. The molecule has 91 valence electrons. The minimum absolute atomic E-state index is 0.0238. The third-order valence-corrected chi connectivity index (χ3v) is 2.67. The zero-order valence-electron chi connectivity index (χ0n) is 9.76. The Balaban J connectivity index is 1.70. The summed E-state index contributed by atoms with van der Waals surface area (Å²) in [5.41, 5.74) is 1.00. The van der Waals surface area contributed by atoms with Gasteiger partial charge in [0.1, 0.15) is 0 Å². The van der Waals surface area contributed by atoms with Gasteiger partial charge in [0.15, 0.2) is 0 Å². The zero-order chi connectivity index (χ0) is 11.9. The van der Waals surface area contributed by atoms with E-state index in [1.54, 1.807) is 6.54 Å². The molecule has 0 saturated carbocycles. The first-order valence-corrected chi connectivity index (χ1v) is 5.82. The van der Waals surface area contributed by atoms with Crippen LogP contribution >= 0.6 is 0 Å². The number of benzene rings is 1. The molecule has 1 saturated heterocycles. The molecule has 1 fully saturated rings. The molecule has 1 aliphatic heterocycles. The van der Waals surface area contributed by atoms with Crippen LogP contribution in [-0.4, -0.2) is 43.7 Å². The summed E-state index contributed by atoms with van der Waals surface area (Å²) in [6, 6.07) is 9.75. The molecule has 4 heteroatoms. The Labute approximate surface area is 102 Å². The van der Waals surface area contributed by atoms with E-state index >= 15 is 0 Å². The first-order valence-electron chi connectivity index (χ1n) is 5.82. The Morgan fingerprint density at radius 1 is 1.29 bits per heavy atom. The number of ether oxygens (including phenoxy) is 1. The SMILES string of the molecule is O=C(CN1CCOCC1)N[CH]c1ccccc1. The summed E-state index contributed by atoms with van der Waals surface area (Å²) in [4.78, 5) is 13.8. The lowest BCUT2D eigenvalue weighted by Crippen LogP contribution is -2.42. The predicted molar refractivity (Wildman–Crippen MR) is 65.2 cm³/mol. The summed E-state index contributed by atoms with van der Waals surface area (Å²) in [7, 11) is 0. The van der Waals surface area contributed by atoms with Crippen molar-refractivity contribution >= 4 is 5.91 Å². The van der Waals surface area contributed by atoms with Crippen LogP contribution in [0.1, 0.15) is 5.56 Å². The van der Waals surface area contributed by atoms with Crippen molar-refractivity contribution in [2.24, 2.45) is 0 Å². The summed E-state index contributed by atoms with van der Waals surface area (Å²) < 4.78 is 5.23. The van der Waals surface area contributed by atoms with Crippen molar-refractivity contribution in [3.63, 3.8) is 0 Å². The van der Waals surface area contributed by atoms with E-state index in [-0.39, 0.29) is 5.91 Å². The maximum atomic E-state index is 11.7. The number of carbonyl (C=O) groups is 1. The first-order chi connectivity index (χ1) is 8.34. The number of rotatable bonds is 4. The van der Waals surface area contributed by atoms with Gasteiger partial charge >= 0.3 is 0 Å². The van der Waals surface area contributed by atoms with Gasteiger partial charge in [0, 0.05) is 13.1 Å². The smallest absolute Gasteiger partial charge is 0.234 e. The molecule has 0 aliphatic carbocycles. The molecule has 1 aliphatic rings. The summed E-state index contributed by atoms with van der Waals surface area (Å²) in [5.74, 6) is 0.0238. The summed E-state index contributed by atoms with van der Waals surface area (Å²) in [6.07, 6.45) is 0. The second-order valence-electron chi connectivity index (χ2n) is 4.01. The molecular weight excluding hydrogens is 216 g/mol. The minimum Gasteiger partial charge on any atom is -0.379 e. The lowest BCUT2D eigenvalue weighted by molar-refractivity contribution is -0.122. The van der Waals surface area contributed by atoms with Gasteiger partial charge in [-0.15, -0.1) is 0 Å². The monoisotopic (exact) mass is 233 g/mol. The fourth-order valence-electron chi connectivity index (χ4n) is 1.72. The van der Waals surface area contributed by atoms with Gasteiger partial charge in [-0.25, -0.2) is 0 Å². The number of nitrogens with zero attached hydrogens (tertiary/aromatic N) is 1. The van der Waals surface area contributed by atoms with Crippen molar-refractivity contribution in [1.82, 2.24) is 10.2 Å². The van der Waals surface area contributed by atoms with Crippen LogP contribution in [0.15, 0.2) is 30.3 Å². The van der Waals surface area contributed by atoms with E-state index in [0.717, 1.165) is 31.9 Å². The van der Waals surface area contributed by atoms with E-state index < -0.39 is 0 Å². The molecule has 1 aromatic carbocycles. The number of nitrogens with one attached hydrogen (secondary N) is 1. The number of hydrogen-bond donors (Lipinski definition) is 1. The third kappa shape index (κ3) is 4.17. The highest BCUT2D eigenvalue weighted by molar-refractivity contribution is 5.79. The van der Waals surface area contributed by atoms with Crippen LogP contribution in [0.3, 0.4) is 0 Å². The second kappa shape index (κ2) is 6.37. The lowest BCUT2D eigenvalue weighted by atomic mass is 10.2. The highest BCUT2D eigenvalue weighted by atomic mass is 16.5. The van der Waals surface area contributed by atoms with Gasteiger partial charge in [-0.3, -0.25) is 9.69 Å². The van der Waals surface area contributed by atoms with Crippen molar-refractivity contribution < 1.29 is 9.53 Å². The van der Waals surface area contributed by atoms with Gasteiger partial charge < -0.3 is 10.1 Å². The van der Waals surface area contributed by atoms with Crippen LogP contribution in [0.5, 0.6) is 0 Å². The van der Waals surface area contributed by atoms with E-state index in [4.69, 9.17) is 4.74 Å². The molecule has 0 atom stereocenters. The summed E-state index contributed by atoms with van der Waals surface area (Å²) >= 11 is 0. The Morgan fingerprint density at radius 2 is 2.00 bits per heavy atom. The van der Waals surface area contributed by atoms with E-state index in [1.165, 1.54) is 0 Å². The standard InChI is InChI=1S/C13H17N2O2/c16-13(11-15-6-8-17-9-7-15)14-10-12-4-2-1-3-5-12/h1-5,10H,6-9,11H2,(H,14,16). The molecule has 0 aromatic heterocycles. The first kappa shape index (κ1) is 12.1. The van der Waals surface area contributed by atoms with Crippen molar-refractivity contribution in [3.8, 4) is 0 Å². The molecule has 1 radical (unpaired) electrons. The summed E-state index contributed by atoms with van der Waals surface area (Å²) in [6.45, 7) is 5.28. The maximum absolute atomic E-state index is 11.7.